The maximum atomic E-state index is 5.66. The molecule has 2 aromatic carbocycles. The Morgan fingerprint density at radius 2 is 1.68 bits per heavy atom. The Bertz CT molecular complexity index is 835. The summed E-state index contributed by atoms with van der Waals surface area (Å²) in [6, 6.07) is 18.1. The van der Waals surface area contributed by atoms with E-state index in [9.17, 15) is 0 Å². The molecule has 0 saturated carbocycles. The molecular formula is C20H22ClN3O. The fraction of sp³-hybridized carbons (Fsp3) is 0.200. The van der Waals surface area contributed by atoms with Crippen molar-refractivity contribution in [1.82, 2.24) is 9.97 Å². The minimum atomic E-state index is 0. The van der Waals surface area contributed by atoms with Gasteiger partial charge in [-0.15, -0.1) is 12.4 Å². The lowest BCUT2D eigenvalue weighted by Gasteiger charge is -2.13. The summed E-state index contributed by atoms with van der Waals surface area (Å²) < 4.78 is 5.66. The first-order valence-electron chi connectivity index (χ1n) is 8.07. The van der Waals surface area contributed by atoms with Gasteiger partial charge in [-0.2, -0.15) is 0 Å². The molecule has 5 heteroatoms. The third-order valence-corrected chi connectivity index (χ3v) is 3.63. The highest BCUT2D eigenvalue weighted by Gasteiger charge is 2.07. The highest BCUT2D eigenvalue weighted by molar-refractivity contribution is 5.85. The topological polar surface area (TPSA) is 47.0 Å². The van der Waals surface area contributed by atoms with Crippen LogP contribution in [0.1, 0.15) is 18.3 Å². The number of benzene rings is 2. The van der Waals surface area contributed by atoms with Crippen LogP contribution in [-0.2, 0) is 0 Å². The van der Waals surface area contributed by atoms with Crippen molar-refractivity contribution >= 4 is 23.9 Å². The van der Waals surface area contributed by atoms with Crippen molar-refractivity contribution in [2.24, 2.45) is 0 Å². The number of aromatic nitrogens is 2. The largest absolute Gasteiger partial charge is 0.492 e. The van der Waals surface area contributed by atoms with Crippen molar-refractivity contribution in [3.05, 3.63) is 66.0 Å². The lowest BCUT2D eigenvalue weighted by molar-refractivity contribution is 0.342. The molecule has 0 aliphatic heterocycles. The van der Waals surface area contributed by atoms with Crippen LogP contribution in [0.3, 0.4) is 0 Å². The quantitative estimate of drug-likeness (QED) is 0.672. The highest BCUT2D eigenvalue weighted by Crippen LogP contribution is 2.28. The third kappa shape index (κ3) is 4.70. The molecule has 3 aromatic rings. The number of nitrogens with one attached hydrogen (secondary N) is 1. The minimum Gasteiger partial charge on any atom is -0.492 e. The number of anilines is 2. The molecule has 0 aliphatic carbocycles. The van der Waals surface area contributed by atoms with Crippen LogP contribution >= 0.6 is 12.4 Å². The van der Waals surface area contributed by atoms with E-state index in [-0.39, 0.29) is 12.4 Å². The molecule has 25 heavy (non-hydrogen) atoms. The molecule has 4 nitrogen and oxygen atoms in total. The van der Waals surface area contributed by atoms with Crippen molar-refractivity contribution in [3.63, 3.8) is 0 Å². The van der Waals surface area contributed by atoms with Crippen molar-refractivity contribution < 1.29 is 4.74 Å². The first-order valence-corrected chi connectivity index (χ1v) is 8.07. The standard InChI is InChI=1S/C20H21N3O.ClH/c1-4-24-19-8-6-5-7-17(19)23-20-13-18(21-15(3)22-20)16-11-9-14(2)10-12-16;/h5-13H,4H2,1-3H3,(H,21,22,23);1H. The Hall–Kier alpha value is -2.59. The van der Waals surface area contributed by atoms with Gasteiger partial charge in [0, 0.05) is 11.6 Å². The van der Waals surface area contributed by atoms with Gasteiger partial charge in [-0.05, 0) is 32.9 Å². The number of nitrogens with zero attached hydrogens (tertiary/aromatic N) is 2. The second-order valence-electron chi connectivity index (χ2n) is 5.61. The van der Waals surface area contributed by atoms with E-state index in [0.29, 0.717) is 6.61 Å². The summed E-state index contributed by atoms with van der Waals surface area (Å²) in [5.74, 6) is 2.29. The molecule has 0 unspecified atom stereocenters. The van der Waals surface area contributed by atoms with Gasteiger partial charge < -0.3 is 10.1 Å². The molecule has 1 heterocycles. The molecule has 1 N–H and O–H groups in total. The van der Waals surface area contributed by atoms with Gasteiger partial charge in [0.15, 0.2) is 0 Å². The monoisotopic (exact) mass is 355 g/mol. The molecule has 0 aliphatic rings. The van der Waals surface area contributed by atoms with Crippen LogP contribution in [0.5, 0.6) is 5.75 Å². The lowest BCUT2D eigenvalue weighted by Crippen LogP contribution is -2.01. The zero-order valence-corrected chi connectivity index (χ0v) is 15.4. The summed E-state index contributed by atoms with van der Waals surface area (Å²) >= 11 is 0. The van der Waals surface area contributed by atoms with Crippen LogP contribution in [0.15, 0.2) is 54.6 Å². The summed E-state index contributed by atoms with van der Waals surface area (Å²) in [7, 11) is 0. The SMILES string of the molecule is CCOc1ccccc1Nc1cc(-c2ccc(C)cc2)nc(C)n1.Cl. The number of para-hydroxylation sites is 2. The van der Waals surface area contributed by atoms with Gasteiger partial charge in [0.05, 0.1) is 18.0 Å². The smallest absolute Gasteiger partial charge is 0.142 e. The van der Waals surface area contributed by atoms with Gasteiger partial charge in [-0.3, -0.25) is 0 Å². The van der Waals surface area contributed by atoms with E-state index in [0.717, 1.165) is 34.3 Å². The van der Waals surface area contributed by atoms with Gasteiger partial charge >= 0.3 is 0 Å². The molecule has 0 amide bonds. The first-order chi connectivity index (χ1) is 11.7. The Labute approximate surface area is 154 Å². The minimum absolute atomic E-state index is 0. The fourth-order valence-corrected chi connectivity index (χ4v) is 2.49. The molecule has 0 spiro atoms. The average molecular weight is 356 g/mol. The maximum Gasteiger partial charge on any atom is 0.142 e. The van der Waals surface area contributed by atoms with Gasteiger partial charge in [0.2, 0.25) is 0 Å². The maximum absolute atomic E-state index is 5.66. The summed E-state index contributed by atoms with van der Waals surface area (Å²) in [5.41, 5.74) is 4.10. The van der Waals surface area contributed by atoms with E-state index in [2.05, 4.69) is 46.5 Å². The van der Waals surface area contributed by atoms with Gasteiger partial charge in [-0.1, -0.05) is 42.0 Å². The van der Waals surface area contributed by atoms with E-state index in [1.807, 2.05) is 44.2 Å². The summed E-state index contributed by atoms with van der Waals surface area (Å²) in [5, 5.41) is 3.34. The average Bonchev–Trinajstić information content (AvgIpc) is 2.57. The molecule has 0 fully saturated rings. The normalized spacial score (nSPS) is 10.0. The molecule has 0 radical (unpaired) electrons. The van der Waals surface area contributed by atoms with E-state index < -0.39 is 0 Å². The second kappa shape index (κ2) is 8.49. The van der Waals surface area contributed by atoms with Crippen molar-refractivity contribution in [3.8, 4) is 17.0 Å². The first kappa shape index (κ1) is 18.7. The number of halogens is 1. The van der Waals surface area contributed by atoms with Crippen molar-refractivity contribution in [2.75, 3.05) is 11.9 Å². The zero-order chi connectivity index (χ0) is 16.9. The molecule has 0 bridgehead atoms. The molecular weight excluding hydrogens is 334 g/mol. The number of hydrogen-bond acceptors (Lipinski definition) is 4. The predicted molar refractivity (Wildman–Crippen MR) is 105 cm³/mol. The van der Waals surface area contributed by atoms with Gasteiger partial charge in [-0.25, -0.2) is 9.97 Å². The molecule has 0 atom stereocenters. The summed E-state index contributed by atoms with van der Waals surface area (Å²) in [6.07, 6.45) is 0. The molecule has 1 aromatic heterocycles. The number of rotatable bonds is 5. The van der Waals surface area contributed by atoms with Crippen LogP contribution < -0.4 is 10.1 Å². The van der Waals surface area contributed by atoms with E-state index in [4.69, 9.17) is 4.74 Å². The third-order valence-electron chi connectivity index (χ3n) is 3.63. The van der Waals surface area contributed by atoms with E-state index in [1.165, 1.54) is 5.56 Å². The second-order valence-corrected chi connectivity index (χ2v) is 5.61. The van der Waals surface area contributed by atoms with E-state index in [1.54, 1.807) is 0 Å². The number of aryl methyl sites for hydroxylation is 2. The van der Waals surface area contributed by atoms with Crippen LogP contribution in [0.2, 0.25) is 0 Å². The summed E-state index contributed by atoms with van der Waals surface area (Å²) in [4.78, 5) is 9.05. The van der Waals surface area contributed by atoms with Gasteiger partial charge in [0.1, 0.15) is 17.4 Å². The molecule has 0 saturated heterocycles. The van der Waals surface area contributed by atoms with Crippen molar-refractivity contribution in [2.45, 2.75) is 20.8 Å². The van der Waals surface area contributed by atoms with Crippen LogP contribution in [0.4, 0.5) is 11.5 Å². The predicted octanol–water partition coefficient (Wildman–Crippen LogP) is 5.32. The van der Waals surface area contributed by atoms with Crippen LogP contribution in [0, 0.1) is 13.8 Å². The van der Waals surface area contributed by atoms with E-state index >= 15 is 0 Å². The van der Waals surface area contributed by atoms with Crippen LogP contribution in [-0.4, -0.2) is 16.6 Å². The van der Waals surface area contributed by atoms with Gasteiger partial charge in [0.25, 0.3) is 0 Å². The van der Waals surface area contributed by atoms with Crippen molar-refractivity contribution in [1.29, 1.82) is 0 Å². The lowest BCUT2D eigenvalue weighted by atomic mass is 10.1. The highest BCUT2D eigenvalue weighted by atomic mass is 35.5. The Morgan fingerprint density at radius 1 is 0.960 bits per heavy atom. The Kier molecular flexibility index (Phi) is 6.37. The Morgan fingerprint density at radius 3 is 2.40 bits per heavy atom. The Balaban J connectivity index is 0.00000225. The number of hydrogen-bond donors (Lipinski definition) is 1. The summed E-state index contributed by atoms with van der Waals surface area (Å²) in [6.45, 7) is 6.57. The fourth-order valence-electron chi connectivity index (χ4n) is 2.49. The molecule has 130 valence electrons. The van der Waals surface area contributed by atoms with Crippen LogP contribution in [0.25, 0.3) is 11.3 Å². The molecule has 3 rings (SSSR count). The number of ether oxygens (including phenoxy) is 1. The zero-order valence-electron chi connectivity index (χ0n) is 14.6.